The van der Waals surface area contributed by atoms with Crippen molar-refractivity contribution in [1.82, 2.24) is 15.3 Å². The highest BCUT2D eigenvalue weighted by Crippen LogP contribution is 2.03. The van der Waals surface area contributed by atoms with Gasteiger partial charge >= 0.3 is 12.1 Å². The number of aliphatic imine (C=N–C) groups is 1. The number of nitrogens with zero attached hydrogens (tertiary/aromatic N) is 3. The Hall–Kier alpha value is -2.33. The molecule has 0 spiro atoms. The van der Waals surface area contributed by atoms with Crippen LogP contribution in [0.4, 0.5) is 9.59 Å². The number of hydrazine groups is 2. The highest BCUT2D eigenvalue weighted by molar-refractivity contribution is 5.78. The Labute approximate surface area is 90.5 Å². The summed E-state index contributed by atoms with van der Waals surface area (Å²) in [6.45, 7) is 0. The molecule has 1 unspecified atom stereocenters. The molecule has 1 aliphatic heterocycles. The first kappa shape index (κ1) is 11.7. The van der Waals surface area contributed by atoms with Gasteiger partial charge in [0.05, 0.1) is 0 Å². The Morgan fingerprint density at radius 3 is 2.44 bits per heavy atom. The molecule has 0 aromatic rings. The third kappa shape index (κ3) is 2.37. The Morgan fingerprint density at radius 2 is 1.94 bits per heavy atom. The number of carbonyl (C=O) groups excluding carboxylic acids is 2. The van der Waals surface area contributed by atoms with Crippen LogP contribution >= 0.6 is 0 Å². The van der Waals surface area contributed by atoms with Crippen LogP contribution in [-0.2, 0) is 0 Å². The quantitative estimate of drug-likeness (QED) is 0.196. The van der Waals surface area contributed by atoms with Crippen molar-refractivity contribution in [1.29, 1.82) is 0 Å². The first-order valence-corrected chi connectivity index (χ1v) is 4.11. The average molecular weight is 228 g/mol. The fourth-order valence-corrected chi connectivity index (χ4v) is 0.943. The average Bonchev–Trinajstić information content (AvgIpc) is 2.26. The number of hydrogen-bond donors (Lipinski definition) is 5. The molecule has 1 atom stereocenters. The van der Waals surface area contributed by atoms with Crippen molar-refractivity contribution in [3.63, 3.8) is 0 Å². The number of allylic oxidation sites excluding steroid dienone is 1. The minimum absolute atomic E-state index is 0.143. The lowest BCUT2D eigenvalue weighted by Gasteiger charge is -2.29. The fraction of sp³-hybridized carbons (Fsp3) is 0.167. The zero-order valence-corrected chi connectivity index (χ0v) is 8.20. The van der Waals surface area contributed by atoms with E-state index in [2.05, 4.69) is 10.3 Å². The SMILES string of the molecule is NC(=O)N(N)C1=CC=NC(N(N)C(N)=O)N1. The lowest BCUT2D eigenvalue weighted by atomic mass is 10.4. The summed E-state index contributed by atoms with van der Waals surface area (Å²) in [4.78, 5) is 25.3. The highest BCUT2D eigenvalue weighted by Gasteiger charge is 2.22. The van der Waals surface area contributed by atoms with Crippen molar-refractivity contribution < 1.29 is 9.59 Å². The van der Waals surface area contributed by atoms with E-state index in [1.165, 1.54) is 12.3 Å². The van der Waals surface area contributed by atoms with E-state index in [9.17, 15) is 9.59 Å². The molecule has 0 saturated carbocycles. The van der Waals surface area contributed by atoms with Crippen LogP contribution in [0.2, 0.25) is 0 Å². The number of primary amides is 2. The number of nitrogens with one attached hydrogen (secondary N) is 1. The van der Waals surface area contributed by atoms with Gasteiger partial charge < -0.3 is 16.8 Å². The summed E-state index contributed by atoms with van der Waals surface area (Å²) in [5.41, 5.74) is 9.89. The van der Waals surface area contributed by atoms with Gasteiger partial charge in [-0.25, -0.2) is 36.3 Å². The topological polar surface area (TPSA) is 169 Å². The Morgan fingerprint density at radius 1 is 1.31 bits per heavy atom. The maximum Gasteiger partial charge on any atom is 0.334 e. The molecular formula is C6H12N8O2. The van der Waals surface area contributed by atoms with E-state index in [0.29, 0.717) is 10.0 Å². The number of amides is 4. The lowest BCUT2D eigenvalue weighted by Crippen LogP contribution is -2.57. The molecule has 4 amide bonds. The second-order valence-corrected chi connectivity index (χ2v) is 2.82. The first-order valence-electron chi connectivity index (χ1n) is 4.11. The molecule has 0 fully saturated rings. The maximum atomic E-state index is 10.8. The standard InChI is InChI=1S/C6H12N8O2/c7-4(15)13(9)3-1-2-11-6(12-3)14(10)5(8)16/h1-2,6,12H,9-10H2,(H2,7,15)(H2,8,16). The summed E-state index contributed by atoms with van der Waals surface area (Å²) < 4.78 is 0. The Balaban J connectivity index is 2.74. The van der Waals surface area contributed by atoms with Gasteiger partial charge in [0, 0.05) is 6.21 Å². The number of urea groups is 2. The molecule has 0 aromatic heterocycles. The van der Waals surface area contributed by atoms with E-state index in [-0.39, 0.29) is 5.82 Å². The summed E-state index contributed by atoms with van der Waals surface area (Å²) in [6.07, 6.45) is 1.75. The van der Waals surface area contributed by atoms with Crippen LogP contribution in [0, 0.1) is 0 Å². The maximum absolute atomic E-state index is 10.8. The molecular weight excluding hydrogens is 216 g/mol. The van der Waals surface area contributed by atoms with E-state index in [0.717, 1.165) is 0 Å². The zero-order chi connectivity index (χ0) is 12.3. The molecule has 0 bridgehead atoms. The predicted molar refractivity (Wildman–Crippen MR) is 54.7 cm³/mol. The van der Waals surface area contributed by atoms with E-state index >= 15 is 0 Å². The normalized spacial score (nSPS) is 18.4. The van der Waals surface area contributed by atoms with E-state index in [1.807, 2.05) is 0 Å². The number of hydrogen-bond acceptors (Lipinski definition) is 6. The van der Waals surface area contributed by atoms with Gasteiger partial charge in [-0.1, -0.05) is 0 Å². The Bertz CT molecular complexity index is 364. The molecule has 0 saturated heterocycles. The molecule has 16 heavy (non-hydrogen) atoms. The largest absolute Gasteiger partial charge is 0.350 e. The summed E-state index contributed by atoms with van der Waals surface area (Å²) >= 11 is 0. The summed E-state index contributed by atoms with van der Waals surface area (Å²) in [6, 6.07) is -1.77. The smallest absolute Gasteiger partial charge is 0.334 e. The van der Waals surface area contributed by atoms with Crippen molar-refractivity contribution in [2.75, 3.05) is 0 Å². The van der Waals surface area contributed by atoms with Crippen molar-refractivity contribution in [2.24, 2.45) is 28.1 Å². The second-order valence-electron chi connectivity index (χ2n) is 2.82. The van der Waals surface area contributed by atoms with E-state index in [4.69, 9.17) is 23.2 Å². The number of nitrogens with two attached hydrogens (primary N) is 4. The summed E-state index contributed by atoms with van der Waals surface area (Å²) in [5, 5.41) is 3.86. The molecule has 10 nitrogen and oxygen atoms in total. The monoisotopic (exact) mass is 228 g/mol. The van der Waals surface area contributed by atoms with Crippen LogP contribution in [0.3, 0.4) is 0 Å². The first-order chi connectivity index (χ1) is 7.43. The van der Waals surface area contributed by atoms with Crippen LogP contribution in [0.1, 0.15) is 0 Å². The minimum atomic E-state index is -0.942. The van der Waals surface area contributed by atoms with Crippen molar-refractivity contribution >= 4 is 18.3 Å². The lowest BCUT2D eigenvalue weighted by molar-refractivity contribution is 0.169. The van der Waals surface area contributed by atoms with Crippen molar-refractivity contribution in [2.45, 2.75) is 6.29 Å². The predicted octanol–water partition coefficient (Wildman–Crippen LogP) is -2.71. The van der Waals surface area contributed by atoms with Gasteiger partial charge in [0.2, 0.25) is 6.29 Å². The summed E-state index contributed by atoms with van der Waals surface area (Å²) in [7, 11) is 0. The van der Waals surface area contributed by atoms with Crippen molar-refractivity contribution in [3.8, 4) is 0 Å². The Kier molecular flexibility index (Phi) is 3.27. The van der Waals surface area contributed by atoms with Gasteiger partial charge in [-0.3, -0.25) is 0 Å². The van der Waals surface area contributed by atoms with Gasteiger partial charge in [-0.2, -0.15) is 0 Å². The molecule has 1 aliphatic rings. The summed E-state index contributed by atoms with van der Waals surface area (Å²) in [5.74, 6) is 10.8. The van der Waals surface area contributed by atoms with Crippen LogP contribution in [-0.4, -0.2) is 34.6 Å². The third-order valence-corrected chi connectivity index (χ3v) is 1.75. The molecule has 1 rings (SSSR count). The van der Waals surface area contributed by atoms with Crippen LogP contribution in [0.25, 0.3) is 0 Å². The molecule has 9 N–H and O–H groups in total. The number of rotatable bonds is 2. The second kappa shape index (κ2) is 4.46. The van der Waals surface area contributed by atoms with Gasteiger partial charge in [-0.05, 0) is 6.08 Å². The zero-order valence-electron chi connectivity index (χ0n) is 8.20. The highest BCUT2D eigenvalue weighted by atomic mass is 16.2. The van der Waals surface area contributed by atoms with Gasteiger partial charge in [-0.15, -0.1) is 0 Å². The van der Waals surface area contributed by atoms with Gasteiger partial charge in [0.25, 0.3) is 0 Å². The van der Waals surface area contributed by atoms with Gasteiger partial charge in [0.1, 0.15) is 5.82 Å². The van der Waals surface area contributed by atoms with Crippen LogP contribution < -0.4 is 28.5 Å². The molecule has 0 radical (unpaired) electrons. The van der Waals surface area contributed by atoms with Gasteiger partial charge in [0.15, 0.2) is 0 Å². The fourth-order valence-electron chi connectivity index (χ4n) is 0.943. The molecule has 0 aliphatic carbocycles. The molecule has 10 heteroatoms. The third-order valence-electron chi connectivity index (χ3n) is 1.75. The molecule has 88 valence electrons. The minimum Gasteiger partial charge on any atom is -0.350 e. The van der Waals surface area contributed by atoms with Crippen LogP contribution in [0.5, 0.6) is 0 Å². The van der Waals surface area contributed by atoms with Crippen LogP contribution in [0.15, 0.2) is 16.9 Å². The van der Waals surface area contributed by atoms with E-state index < -0.39 is 18.4 Å². The molecule has 0 aromatic carbocycles. The number of carbonyl (C=O) groups is 2. The van der Waals surface area contributed by atoms with Crippen molar-refractivity contribution in [3.05, 3.63) is 11.9 Å². The van der Waals surface area contributed by atoms with E-state index in [1.54, 1.807) is 0 Å². The molecule has 1 heterocycles.